The van der Waals surface area contributed by atoms with E-state index >= 15 is 0 Å². The monoisotopic (exact) mass is 662 g/mol. The summed E-state index contributed by atoms with van der Waals surface area (Å²) in [5.74, 6) is -3.48. The van der Waals surface area contributed by atoms with Crippen LogP contribution in [-0.4, -0.2) is 35.1 Å². The number of aliphatic carboxylic acids is 1. The molecule has 0 bridgehead atoms. The minimum Gasteiger partial charge on any atom is -0.480 e. The first kappa shape index (κ1) is 31.7. The fourth-order valence-electron chi connectivity index (χ4n) is 5.59. The highest BCUT2D eigenvalue weighted by molar-refractivity contribution is 6.34. The van der Waals surface area contributed by atoms with Gasteiger partial charge in [-0.25, -0.2) is 13.6 Å². The van der Waals surface area contributed by atoms with Crippen LogP contribution in [0.3, 0.4) is 0 Å². The molecule has 0 aliphatic heterocycles. The van der Waals surface area contributed by atoms with Crippen LogP contribution in [0.25, 0.3) is 22.3 Å². The zero-order chi connectivity index (χ0) is 32.4. The number of ether oxygens (including phenoxy) is 1. The molecular formula is C30H16Cl2F8O4. The van der Waals surface area contributed by atoms with Gasteiger partial charge in [0, 0.05) is 33.4 Å². The molecule has 4 nitrogen and oxygen atoms in total. The Morgan fingerprint density at radius 1 is 0.705 bits per heavy atom. The molecular weight excluding hydrogens is 647 g/mol. The molecule has 0 radical (unpaired) electrons. The molecule has 0 heterocycles. The predicted octanol–water partition coefficient (Wildman–Crippen LogP) is 8.62. The van der Waals surface area contributed by atoms with Gasteiger partial charge in [0.05, 0.1) is 10.0 Å². The number of halogens is 10. The zero-order valence-corrected chi connectivity index (χ0v) is 23.1. The Labute approximate surface area is 253 Å². The number of benzene rings is 4. The second kappa shape index (κ2) is 10.7. The van der Waals surface area contributed by atoms with Gasteiger partial charge in [-0.15, -0.1) is 0 Å². The van der Waals surface area contributed by atoms with Crippen LogP contribution < -0.4 is 0 Å². The van der Waals surface area contributed by atoms with Crippen molar-refractivity contribution in [1.82, 2.24) is 0 Å². The minimum atomic E-state index is -5.03. The Morgan fingerprint density at radius 2 is 1.16 bits per heavy atom. The number of rotatable bonds is 3. The van der Waals surface area contributed by atoms with Gasteiger partial charge in [-0.3, -0.25) is 0 Å². The topological polar surface area (TPSA) is 66.8 Å². The van der Waals surface area contributed by atoms with Crippen LogP contribution >= 0.6 is 23.2 Å². The number of carboxylic acids is 1. The standard InChI is InChI=1S/C16H9ClF4O3.C14H7ClF4O/c17-12-6-8(18)5-11-14(12)9-3-1-2-4-10(9)15(11,16(19,20)21)24-7-13(22)23;15-11-6-7(16)5-10-12(11)8-3-1-2-4-9(8)13(10,20)14(17,18)19/h1-6H,7H2,(H,22,23);1-6,20H. The summed E-state index contributed by atoms with van der Waals surface area (Å²) < 4.78 is 114. The molecule has 4 aromatic carbocycles. The number of carboxylic acid groups (broad SMARTS) is 1. The van der Waals surface area contributed by atoms with Crippen molar-refractivity contribution in [2.45, 2.75) is 23.6 Å². The van der Waals surface area contributed by atoms with E-state index in [0.717, 1.165) is 18.2 Å². The van der Waals surface area contributed by atoms with Crippen molar-refractivity contribution in [1.29, 1.82) is 0 Å². The van der Waals surface area contributed by atoms with E-state index in [1.165, 1.54) is 42.5 Å². The fourth-order valence-corrected chi connectivity index (χ4v) is 6.21. The predicted molar refractivity (Wildman–Crippen MR) is 143 cm³/mol. The molecule has 4 aromatic rings. The van der Waals surface area contributed by atoms with Crippen LogP contribution in [0.5, 0.6) is 0 Å². The second-order valence-corrected chi connectivity index (χ2v) is 10.6. The van der Waals surface area contributed by atoms with Crippen molar-refractivity contribution in [3.05, 3.63) is 117 Å². The van der Waals surface area contributed by atoms with E-state index < -0.39 is 58.9 Å². The van der Waals surface area contributed by atoms with Gasteiger partial charge in [0.2, 0.25) is 11.2 Å². The van der Waals surface area contributed by atoms with Gasteiger partial charge in [0.1, 0.15) is 18.2 Å². The van der Waals surface area contributed by atoms with Gasteiger partial charge < -0.3 is 14.9 Å². The molecule has 14 heteroatoms. The summed E-state index contributed by atoms with van der Waals surface area (Å²) in [7, 11) is 0. The number of hydrogen-bond donors (Lipinski definition) is 2. The summed E-state index contributed by atoms with van der Waals surface area (Å²) in [4.78, 5) is 10.8. The van der Waals surface area contributed by atoms with Gasteiger partial charge >= 0.3 is 18.3 Å². The van der Waals surface area contributed by atoms with Gasteiger partial charge in [-0.1, -0.05) is 71.7 Å². The summed E-state index contributed by atoms with van der Waals surface area (Å²) in [6.07, 6.45) is -10.0. The normalized spacial score (nSPS) is 19.8. The molecule has 2 N–H and O–H groups in total. The largest absolute Gasteiger partial charge is 0.480 e. The maximum absolute atomic E-state index is 14.0. The molecule has 0 fully saturated rings. The van der Waals surface area contributed by atoms with Crippen molar-refractivity contribution < 1.29 is 54.9 Å². The lowest BCUT2D eigenvalue weighted by atomic mass is 9.90. The molecule has 0 saturated carbocycles. The summed E-state index contributed by atoms with van der Waals surface area (Å²) in [6.45, 7) is -1.21. The van der Waals surface area contributed by atoms with Gasteiger partial charge in [0.25, 0.3) is 0 Å². The Morgan fingerprint density at radius 3 is 1.66 bits per heavy atom. The molecule has 2 unspecified atom stereocenters. The number of fused-ring (bicyclic) bond motifs is 6. The van der Waals surface area contributed by atoms with Crippen molar-refractivity contribution in [3.8, 4) is 22.3 Å². The van der Waals surface area contributed by atoms with E-state index in [1.807, 2.05) is 0 Å². The van der Waals surface area contributed by atoms with Crippen LogP contribution in [0.1, 0.15) is 22.3 Å². The summed E-state index contributed by atoms with van der Waals surface area (Å²) >= 11 is 11.8. The first-order valence-electron chi connectivity index (χ1n) is 12.4. The third kappa shape index (κ3) is 4.71. The highest BCUT2D eigenvalue weighted by Gasteiger charge is 2.64. The van der Waals surface area contributed by atoms with E-state index in [9.17, 15) is 45.0 Å². The molecule has 6 rings (SSSR count). The molecule has 2 aliphatic rings. The molecule has 0 amide bonds. The third-order valence-corrected chi connectivity index (χ3v) is 7.86. The fraction of sp³-hybridized carbons (Fsp3) is 0.167. The SMILES string of the molecule is O=C(O)COC1(C(F)(F)F)c2ccccc2-c2c(Cl)cc(F)cc21.OC1(C(F)(F)F)c2ccccc2-c2c(Cl)cc(F)cc21. The molecule has 44 heavy (non-hydrogen) atoms. The molecule has 0 aromatic heterocycles. The summed E-state index contributed by atoms with van der Waals surface area (Å²) in [6, 6.07) is 14.1. The van der Waals surface area contributed by atoms with Crippen molar-refractivity contribution >= 4 is 29.2 Å². The van der Waals surface area contributed by atoms with Crippen LogP contribution in [0.2, 0.25) is 10.0 Å². The van der Waals surface area contributed by atoms with Gasteiger partial charge in [-0.2, -0.15) is 26.3 Å². The van der Waals surface area contributed by atoms with Crippen LogP contribution in [0.4, 0.5) is 35.1 Å². The smallest absolute Gasteiger partial charge is 0.426 e. The summed E-state index contributed by atoms with van der Waals surface area (Å²) in [5, 5.41) is 18.6. The zero-order valence-electron chi connectivity index (χ0n) is 21.6. The van der Waals surface area contributed by atoms with E-state index in [1.54, 1.807) is 0 Å². The molecule has 2 aliphatic carbocycles. The van der Waals surface area contributed by atoms with Crippen LogP contribution in [0, 0.1) is 11.6 Å². The van der Waals surface area contributed by atoms with E-state index in [-0.39, 0.29) is 43.4 Å². The lowest BCUT2D eigenvalue weighted by Crippen LogP contribution is -2.45. The third-order valence-electron chi connectivity index (χ3n) is 7.26. The Bertz CT molecular complexity index is 1810. The van der Waals surface area contributed by atoms with E-state index in [4.69, 9.17) is 33.0 Å². The van der Waals surface area contributed by atoms with E-state index in [2.05, 4.69) is 0 Å². The average molecular weight is 663 g/mol. The molecule has 2 atom stereocenters. The number of carbonyl (C=O) groups is 1. The highest BCUT2D eigenvalue weighted by atomic mass is 35.5. The van der Waals surface area contributed by atoms with Crippen molar-refractivity contribution in [2.24, 2.45) is 0 Å². The lowest BCUT2D eigenvalue weighted by molar-refractivity contribution is -0.264. The van der Waals surface area contributed by atoms with Crippen molar-refractivity contribution in [2.75, 3.05) is 6.61 Å². The number of hydrogen-bond acceptors (Lipinski definition) is 3. The summed E-state index contributed by atoms with van der Waals surface area (Å²) in [5.41, 5.74) is -7.84. The maximum atomic E-state index is 14.0. The number of aliphatic hydroxyl groups is 1. The average Bonchev–Trinajstić information content (AvgIpc) is 3.36. The maximum Gasteiger partial charge on any atom is 0.426 e. The second-order valence-electron chi connectivity index (χ2n) is 9.78. The van der Waals surface area contributed by atoms with Gasteiger partial charge in [0.15, 0.2) is 0 Å². The first-order chi connectivity index (χ1) is 20.4. The Kier molecular flexibility index (Phi) is 7.73. The van der Waals surface area contributed by atoms with E-state index in [0.29, 0.717) is 12.1 Å². The van der Waals surface area contributed by atoms with Crippen molar-refractivity contribution in [3.63, 3.8) is 0 Å². The Hall–Kier alpha value is -3.71. The minimum absolute atomic E-state index is 0.0171. The highest BCUT2D eigenvalue weighted by Crippen LogP contribution is 2.59. The van der Waals surface area contributed by atoms with Gasteiger partial charge in [-0.05, 0) is 35.4 Å². The first-order valence-corrected chi connectivity index (χ1v) is 13.1. The lowest BCUT2D eigenvalue weighted by Gasteiger charge is -2.33. The number of alkyl halides is 6. The molecule has 230 valence electrons. The quantitative estimate of drug-likeness (QED) is 0.216. The molecule has 0 saturated heterocycles. The Balaban J connectivity index is 0.000000177. The van der Waals surface area contributed by atoms with Crippen LogP contribution in [0.15, 0.2) is 72.8 Å². The molecule has 0 spiro atoms. The van der Waals surface area contributed by atoms with Crippen LogP contribution in [-0.2, 0) is 20.7 Å².